The van der Waals surface area contributed by atoms with Crippen molar-refractivity contribution in [1.82, 2.24) is 4.57 Å². The van der Waals surface area contributed by atoms with Gasteiger partial charge in [-0.05, 0) is 6.92 Å². The first kappa shape index (κ1) is 13.2. The maximum atomic E-state index is 11.9. The van der Waals surface area contributed by atoms with E-state index in [4.69, 9.17) is 10.5 Å². The summed E-state index contributed by atoms with van der Waals surface area (Å²) in [6, 6.07) is 0. The molecule has 1 aromatic rings. The molecule has 4 nitrogen and oxygen atoms in total. The topological polar surface area (TPSA) is 56.4 Å². The summed E-state index contributed by atoms with van der Waals surface area (Å²) < 4.78 is 16.0. The Bertz CT molecular complexity index is 370. The summed E-state index contributed by atoms with van der Waals surface area (Å²) in [6.45, 7) is 4.15. The Balaban J connectivity index is 0.000000265. The zero-order valence-electron chi connectivity index (χ0n) is 9.18. The molecule has 0 saturated heterocycles. The second kappa shape index (κ2) is 5.82. The van der Waals surface area contributed by atoms with Gasteiger partial charge >= 0.3 is 6.42 Å². The second-order valence-corrected chi connectivity index (χ2v) is 3.33. The van der Waals surface area contributed by atoms with Gasteiger partial charge in [-0.1, -0.05) is 11.9 Å². The minimum atomic E-state index is -2.86. The fraction of sp³-hybridized carbons (Fsp3) is 0.444. The average Bonchev–Trinajstić information content (AvgIpc) is 2.65. The lowest BCUT2D eigenvalue weighted by atomic mass is 9.49. The van der Waals surface area contributed by atoms with Gasteiger partial charge in [0.15, 0.2) is 0 Å². The predicted octanol–water partition coefficient (Wildman–Crippen LogP) is 0.989. The normalized spacial score (nSPS) is 9.47. The molecule has 0 N–H and O–H groups in total. The Morgan fingerprint density at radius 3 is 2.13 bits per heavy atom. The average molecular weight is 208 g/mol. The Morgan fingerprint density at radius 2 is 2.00 bits per heavy atom. The quantitative estimate of drug-likeness (QED) is 0.510. The van der Waals surface area contributed by atoms with Crippen LogP contribution in [-0.4, -0.2) is 11.0 Å². The smallest absolute Gasteiger partial charge is 0.341 e. The number of hydrogen-bond acceptors (Lipinski definition) is 2. The predicted molar refractivity (Wildman–Crippen MR) is 55.2 cm³/mol. The van der Waals surface area contributed by atoms with Gasteiger partial charge in [0, 0.05) is 0 Å². The van der Waals surface area contributed by atoms with E-state index in [0.29, 0.717) is 0 Å². The van der Waals surface area contributed by atoms with Gasteiger partial charge in [-0.3, -0.25) is 0 Å². The highest BCUT2D eigenvalue weighted by atomic mass is 19.1. The van der Waals surface area contributed by atoms with Crippen molar-refractivity contribution in [3.05, 3.63) is 18.7 Å². The SMILES string of the molecule is CCn1cc[n+](C)c1.C[B-](F)(C#N)C#N. The molecule has 0 amide bonds. The molecule has 1 rings (SSSR count). The van der Waals surface area contributed by atoms with E-state index < -0.39 is 6.42 Å². The maximum absolute atomic E-state index is 11.9. The Kier molecular flexibility index (Phi) is 5.12. The number of halogens is 1. The molecule has 0 aliphatic heterocycles. The summed E-state index contributed by atoms with van der Waals surface area (Å²) in [5, 5.41) is 15.5. The van der Waals surface area contributed by atoms with Gasteiger partial charge in [0.2, 0.25) is 6.33 Å². The molecule has 0 aromatic carbocycles. The van der Waals surface area contributed by atoms with Crippen LogP contribution in [0.5, 0.6) is 0 Å². The van der Waals surface area contributed by atoms with E-state index in [1.807, 2.05) is 17.8 Å². The summed E-state index contributed by atoms with van der Waals surface area (Å²) in [7, 11) is 2.02. The van der Waals surface area contributed by atoms with Crippen molar-refractivity contribution in [2.24, 2.45) is 7.05 Å². The van der Waals surface area contributed by atoms with E-state index in [1.54, 1.807) is 0 Å². The van der Waals surface area contributed by atoms with Crippen molar-refractivity contribution >= 4 is 6.42 Å². The number of nitriles is 2. The molecule has 0 aliphatic rings. The molecule has 0 fully saturated rings. The Hall–Kier alpha value is -1.82. The summed E-state index contributed by atoms with van der Waals surface area (Å²) in [5.41, 5.74) is 0. The van der Waals surface area contributed by atoms with E-state index in [1.165, 1.54) is 11.9 Å². The number of rotatable bonds is 1. The maximum Gasteiger partial charge on any atom is 0.341 e. The summed E-state index contributed by atoms with van der Waals surface area (Å²) in [5.74, 6) is 2.45. The second-order valence-electron chi connectivity index (χ2n) is 3.33. The first-order valence-corrected chi connectivity index (χ1v) is 4.66. The molecule has 0 aliphatic carbocycles. The van der Waals surface area contributed by atoms with Crippen LogP contribution in [0.15, 0.2) is 18.7 Å². The van der Waals surface area contributed by atoms with E-state index in [9.17, 15) is 4.32 Å². The van der Waals surface area contributed by atoms with Crippen molar-refractivity contribution in [1.29, 1.82) is 10.5 Å². The molecule has 6 heteroatoms. The third kappa shape index (κ3) is 5.48. The number of hydrogen-bond donors (Lipinski definition) is 0. The van der Waals surface area contributed by atoms with Crippen LogP contribution in [0.2, 0.25) is 6.82 Å². The molecule has 0 spiro atoms. The van der Waals surface area contributed by atoms with Crippen molar-refractivity contribution in [2.75, 3.05) is 0 Å². The number of nitrogens with zero attached hydrogens (tertiary/aromatic N) is 4. The zero-order chi connectivity index (χ0) is 11.9. The van der Waals surface area contributed by atoms with E-state index >= 15 is 0 Å². The third-order valence-corrected chi connectivity index (χ3v) is 1.67. The van der Waals surface area contributed by atoms with Gasteiger partial charge in [-0.2, -0.15) is 0 Å². The molecule has 0 radical (unpaired) electrons. The minimum Gasteiger partial charge on any atom is -0.480 e. The molecule has 0 bridgehead atoms. The summed E-state index contributed by atoms with van der Waals surface area (Å²) in [4.78, 5) is 0. The standard InChI is InChI=1S/C6H11N2.C3H3BFN2/c1-3-8-5-4-7(2)6-8;1-4(5,2-6)3-7/h4-6H,3H2,1-2H3;1H3/q+1;-1. The van der Waals surface area contributed by atoms with Crippen LogP contribution in [-0.2, 0) is 13.6 Å². The molecule has 0 saturated carbocycles. The highest BCUT2D eigenvalue weighted by Crippen LogP contribution is 1.96. The molecule has 1 aromatic heterocycles. The highest BCUT2D eigenvalue weighted by molar-refractivity contribution is 6.86. The Morgan fingerprint density at radius 1 is 1.47 bits per heavy atom. The third-order valence-electron chi connectivity index (χ3n) is 1.67. The van der Waals surface area contributed by atoms with Gasteiger partial charge in [-0.25, -0.2) is 19.7 Å². The monoisotopic (exact) mass is 208 g/mol. The van der Waals surface area contributed by atoms with Crippen LogP contribution in [0.3, 0.4) is 0 Å². The van der Waals surface area contributed by atoms with Gasteiger partial charge in [0.1, 0.15) is 12.4 Å². The molecule has 0 unspecified atom stereocenters. The molecule has 80 valence electrons. The molecule has 0 atom stereocenters. The van der Waals surface area contributed by atoms with Crippen molar-refractivity contribution in [3.8, 4) is 11.9 Å². The van der Waals surface area contributed by atoms with Crippen LogP contribution in [0.4, 0.5) is 4.32 Å². The van der Waals surface area contributed by atoms with Crippen LogP contribution in [0.1, 0.15) is 6.92 Å². The lowest BCUT2D eigenvalue weighted by molar-refractivity contribution is -0.671. The fourth-order valence-corrected chi connectivity index (χ4v) is 0.718. The Labute approximate surface area is 89.1 Å². The van der Waals surface area contributed by atoms with E-state index in [-0.39, 0.29) is 0 Å². The highest BCUT2D eigenvalue weighted by Gasteiger charge is 2.13. The summed E-state index contributed by atoms with van der Waals surface area (Å²) >= 11 is 0. The largest absolute Gasteiger partial charge is 0.480 e. The van der Waals surface area contributed by atoms with Gasteiger partial charge < -0.3 is 4.32 Å². The van der Waals surface area contributed by atoms with Gasteiger partial charge in [0.25, 0.3) is 0 Å². The van der Waals surface area contributed by atoms with Gasteiger partial charge in [0.05, 0.1) is 13.6 Å². The van der Waals surface area contributed by atoms with Crippen LogP contribution >= 0.6 is 0 Å². The molecular formula is C9H14BFN4. The number of aryl methyl sites for hydroxylation is 2. The van der Waals surface area contributed by atoms with Crippen molar-refractivity contribution < 1.29 is 8.88 Å². The number of aromatic nitrogens is 2. The van der Waals surface area contributed by atoms with Gasteiger partial charge in [-0.15, -0.1) is 6.82 Å². The lowest BCUT2D eigenvalue weighted by Gasteiger charge is -2.01. The molecular weight excluding hydrogens is 194 g/mol. The van der Waals surface area contributed by atoms with Crippen LogP contribution < -0.4 is 4.57 Å². The van der Waals surface area contributed by atoms with E-state index in [2.05, 4.69) is 24.0 Å². The van der Waals surface area contributed by atoms with E-state index in [0.717, 1.165) is 13.4 Å². The first-order chi connectivity index (χ1) is 6.95. The minimum absolute atomic E-state index is 0.972. The fourth-order valence-electron chi connectivity index (χ4n) is 0.718. The first-order valence-electron chi connectivity index (χ1n) is 4.66. The number of imidazole rings is 1. The lowest BCUT2D eigenvalue weighted by Crippen LogP contribution is -2.23. The molecule has 1 heterocycles. The van der Waals surface area contributed by atoms with Crippen LogP contribution in [0.25, 0.3) is 0 Å². The zero-order valence-corrected chi connectivity index (χ0v) is 9.18. The van der Waals surface area contributed by atoms with Crippen molar-refractivity contribution in [2.45, 2.75) is 20.3 Å². The van der Waals surface area contributed by atoms with Crippen LogP contribution in [0, 0.1) is 22.5 Å². The van der Waals surface area contributed by atoms with Crippen molar-refractivity contribution in [3.63, 3.8) is 0 Å². The molecule has 15 heavy (non-hydrogen) atoms. The summed E-state index contributed by atoms with van der Waals surface area (Å²) in [6.07, 6.45) is 3.28.